The molecular formula is C18H27N3O. The minimum Gasteiger partial charge on any atom is -0.296 e. The number of para-hydroxylation sites is 1. The number of amides is 2. The molecule has 1 saturated carbocycles. The molecule has 0 radical (unpaired) electrons. The van der Waals surface area contributed by atoms with Crippen molar-refractivity contribution in [2.24, 2.45) is 11.8 Å². The lowest BCUT2D eigenvalue weighted by atomic mass is 9.72. The summed E-state index contributed by atoms with van der Waals surface area (Å²) < 4.78 is 0. The number of rotatable bonds is 1. The molecule has 1 N–H and O–H groups in total. The summed E-state index contributed by atoms with van der Waals surface area (Å²) in [5.41, 5.74) is 4.28. The standard InChI is InChI=1S/C18H27N3O/c1-13-10-11-15-16(12-13)19-21(18(15,2)3)17(22)20(4)14-8-6-5-7-9-14/h5-9,13,15-16,19H,10-12H2,1-4H3/t13-,15-,16+/m1/s1. The first-order valence-corrected chi connectivity index (χ1v) is 8.30. The average molecular weight is 301 g/mol. The Hall–Kier alpha value is -1.55. The number of hydrogen-bond donors (Lipinski definition) is 1. The minimum absolute atomic E-state index is 0.0262. The van der Waals surface area contributed by atoms with Crippen LogP contribution in [0.1, 0.15) is 40.0 Å². The summed E-state index contributed by atoms with van der Waals surface area (Å²) in [6, 6.07) is 10.3. The van der Waals surface area contributed by atoms with E-state index in [9.17, 15) is 4.79 Å². The van der Waals surface area contributed by atoms with E-state index in [2.05, 4.69) is 26.2 Å². The smallest absolute Gasteiger partial charge is 0.296 e. The first-order chi connectivity index (χ1) is 10.4. The fourth-order valence-electron chi connectivity index (χ4n) is 4.08. The first kappa shape index (κ1) is 15.3. The lowest BCUT2D eigenvalue weighted by Crippen LogP contribution is -2.54. The molecule has 1 heterocycles. The Kier molecular flexibility index (Phi) is 3.89. The van der Waals surface area contributed by atoms with Crippen LogP contribution in [0.2, 0.25) is 0 Å². The van der Waals surface area contributed by atoms with Crippen LogP contribution >= 0.6 is 0 Å². The molecule has 1 aliphatic carbocycles. The summed E-state index contributed by atoms with van der Waals surface area (Å²) in [4.78, 5) is 14.7. The zero-order valence-electron chi connectivity index (χ0n) is 14.0. The van der Waals surface area contributed by atoms with E-state index in [0.717, 1.165) is 18.0 Å². The largest absolute Gasteiger partial charge is 0.339 e. The Bertz CT molecular complexity index is 543. The van der Waals surface area contributed by atoms with Crippen molar-refractivity contribution in [2.75, 3.05) is 11.9 Å². The van der Waals surface area contributed by atoms with Gasteiger partial charge in [0.1, 0.15) is 0 Å². The van der Waals surface area contributed by atoms with Crippen LogP contribution in [0.3, 0.4) is 0 Å². The van der Waals surface area contributed by atoms with Crippen molar-refractivity contribution in [1.82, 2.24) is 10.4 Å². The normalized spacial score (nSPS) is 30.0. The monoisotopic (exact) mass is 301 g/mol. The van der Waals surface area contributed by atoms with Crippen molar-refractivity contribution in [3.05, 3.63) is 30.3 Å². The molecule has 2 aliphatic rings. The summed E-state index contributed by atoms with van der Waals surface area (Å²) >= 11 is 0. The fourth-order valence-corrected chi connectivity index (χ4v) is 4.08. The molecule has 1 saturated heterocycles. The number of urea groups is 1. The van der Waals surface area contributed by atoms with Crippen molar-refractivity contribution in [1.29, 1.82) is 0 Å². The number of hydrogen-bond acceptors (Lipinski definition) is 2. The molecule has 0 unspecified atom stereocenters. The highest BCUT2D eigenvalue weighted by Gasteiger charge is 2.51. The van der Waals surface area contributed by atoms with E-state index in [1.807, 2.05) is 42.4 Å². The molecule has 2 fully saturated rings. The van der Waals surface area contributed by atoms with Crippen LogP contribution in [-0.2, 0) is 0 Å². The highest BCUT2D eigenvalue weighted by Crippen LogP contribution is 2.43. The van der Waals surface area contributed by atoms with Gasteiger partial charge < -0.3 is 0 Å². The van der Waals surface area contributed by atoms with Gasteiger partial charge in [0.25, 0.3) is 0 Å². The van der Waals surface area contributed by atoms with Gasteiger partial charge in [0, 0.05) is 24.7 Å². The zero-order valence-corrected chi connectivity index (χ0v) is 14.0. The molecule has 4 nitrogen and oxygen atoms in total. The zero-order chi connectivity index (χ0) is 15.9. The van der Waals surface area contributed by atoms with Gasteiger partial charge in [0.15, 0.2) is 0 Å². The molecule has 2 amide bonds. The molecule has 0 bridgehead atoms. The molecule has 3 rings (SSSR count). The highest BCUT2D eigenvalue weighted by molar-refractivity contribution is 5.91. The van der Waals surface area contributed by atoms with Crippen LogP contribution in [0.25, 0.3) is 0 Å². The van der Waals surface area contributed by atoms with Crippen LogP contribution < -0.4 is 10.3 Å². The second kappa shape index (κ2) is 5.58. The summed E-state index contributed by atoms with van der Waals surface area (Å²) in [7, 11) is 1.85. The van der Waals surface area contributed by atoms with E-state index in [0.29, 0.717) is 12.0 Å². The predicted molar refractivity (Wildman–Crippen MR) is 89.6 cm³/mol. The Labute approximate surface area is 133 Å². The number of anilines is 1. The maximum Gasteiger partial charge on any atom is 0.339 e. The van der Waals surface area contributed by atoms with Crippen molar-refractivity contribution in [3.8, 4) is 0 Å². The molecule has 1 aromatic carbocycles. The highest BCUT2D eigenvalue weighted by atomic mass is 16.2. The topological polar surface area (TPSA) is 35.6 Å². The summed E-state index contributed by atoms with van der Waals surface area (Å²) in [5.74, 6) is 1.28. The van der Waals surface area contributed by atoms with Crippen LogP contribution in [0.5, 0.6) is 0 Å². The van der Waals surface area contributed by atoms with Crippen LogP contribution in [0.15, 0.2) is 30.3 Å². The molecule has 3 atom stereocenters. The second-order valence-electron chi connectivity index (χ2n) is 7.43. The summed E-state index contributed by atoms with van der Waals surface area (Å²) in [6.07, 6.45) is 3.63. The van der Waals surface area contributed by atoms with Crippen molar-refractivity contribution >= 4 is 11.7 Å². The minimum atomic E-state index is -0.148. The van der Waals surface area contributed by atoms with Gasteiger partial charge in [-0.05, 0) is 44.7 Å². The van der Waals surface area contributed by atoms with Gasteiger partial charge in [-0.2, -0.15) is 0 Å². The first-order valence-electron chi connectivity index (χ1n) is 8.30. The molecule has 1 aliphatic heterocycles. The third kappa shape index (κ3) is 2.50. The lowest BCUT2D eigenvalue weighted by molar-refractivity contribution is 0.122. The molecule has 22 heavy (non-hydrogen) atoms. The van der Waals surface area contributed by atoms with E-state index < -0.39 is 0 Å². The SMILES string of the molecule is C[C@@H]1CC[C@@H]2[C@H](C1)NN(C(=O)N(C)c1ccccc1)C2(C)C. The third-order valence-corrected chi connectivity index (χ3v) is 5.51. The molecule has 120 valence electrons. The number of nitrogens with zero attached hydrogens (tertiary/aromatic N) is 2. The number of hydrazine groups is 1. The Balaban J connectivity index is 1.81. The van der Waals surface area contributed by atoms with Crippen LogP contribution in [0, 0.1) is 11.8 Å². The number of fused-ring (bicyclic) bond motifs is 1. The lowest BCUT2D eigenvalue weighted by Gasteiger charge is -2.38. The quantitative estimate of drug-likeness (QED) is 0.859. The van der Waals surface area contributed by atoms with E-state index in [-0.39, 0.29) is 11.6 Å². The third-order valence-electron chi connectivity index (χ3n) is 5.51. The predicted octanol–water partition coefficient (Wildman–Crippen LogP) is 3.65. The molecule has 0 aromatic heterocycles. The van der Waals surface area contributed by atoms with Gasteiger partial charge in [-0.15, -0.1) is 0 Å². The Morgan fingerprint density at radius 1 is 1.27 bits per heavy atom. The fraction of sp³-hybridized carbons (Fsp3) is 0.611. The summed E-state index contributed by atoms with van der Waals surface area (Å²) in [5, 5.41) is 1.87. The van der Waals surface area contributed by atoms with Crippen molar-refractivity contribution in [2.45, 2.75) is 51.6 Å². The van der Waals surface area contributed by atoms with Gasteiger partial charge in [-0.25, -0.2) is 10.2 Å². The van der Waals surface area contributed by atoms with Crippen LogP contribution in [0.4, 0.5) is 10.5 Å². The van der Waals surface area contributed by atoms with Gasteiger partial charge in [-0.3, -0.25) is 9.91 Å². The molecule has 0 spiro atoms. The van der Waals surface area contributed by atoms with E-state index in [1.54, 1.807) is 4.90 Å². The van der Waals surface area contributed by atoms with E-state index in [4.69, 9.17) is 0 Å². The maximum absolute atomic E-state index is 13.0. The average Bonchev–Trinajstić information content (AvgIpc) is 2.77. The molecule has 4 heteroatoms. The van der Waals surface area contributed by atoms with E-state index in [1.165, 1.54) is 12.8 Å². The second-order valence-corrected chi connectivity index (χ2v) is 7.43. The van der Waals surface area contributed by atoms with Gasteiger partial charge in [0.2, 0.25) is 0 Å². The van der Waals surface area contributed by atoms with Crippen LogP contribution in [-0.4, -0.2) is 29.7 Å². The molecule has 1 aromatic rings. The number of benzene rings is 1. The van der Waals surface area contributed by atoms with Crippen molar-refractivity contribution < 1.29 is 4.79 Å². The van der Waals surface area contributed by atoms with Gasteiger partial charge in [-0.1, -0.05) is 31.5 Å². The Morgan fingerprint density at radius 2 is 1.95 bits per heavy atom. The number of nitrogens with one attached hydrogen (secondary N) is 1. The van der Waals surface area contributed by atoms with Crippen molar-refractivity contribution in [3.63, 3.8) is 0 Å². The molecular weight excluding hydrogens is 274 g/mol. The Morgan fingerprint density at radius 3 is 2.64 bits per heavy atom. The summed E-state index contributed by atoms with van der Waals surface area (Å²) in [6.45, 7) is 6.69. The van der Waals surface area contributed by atoms with Gasteiger partial charge in [0.05, 0.1) is 5.54 Å². The van der Waals surface area contributed by atoms with E-state index >= 15 is 0 Å². The number of carbonyl (C=O) groups is 1. The number of carbonyl (C=O) groups excluding carboxylic acids is 1. The maximum atomic E-state index is 13.0. The van der Waals surface area contributed by atoms with Gasteiger partial charge >= 0.3 is 6.03 Å².